The van der Waals surface area contributed by atoms with Gasteiger partial charge in [-0.1, -0.05) is 81.9 Å². The first-order valence-corrected chi connectivity index (χ1v) is 14.4. The van der Waals surface area contributed by atoms with E-state index in [1.165, 1.54) is 31.3 Å². The van der Waals surface area contributed by atoms with Crippen LogP contribution >= 0.6 is 0 Å². The second-order valence-electron chi connectivity index (χ2n) is 11.3. The van der Waals surface area contributed by atoms with Gasteiger partial charge in [-0.25, -0.2) is 0 Å². The molecule has 35 heavy (non-hydrogen) atoms. The molecule has 0 unspecified atom stereocenters. The molecule has 1 saturated carbocycles. The van der Waals surface area contributed by atoms with Gasteiger partial charge in [0.15, 0.2) is 0 Å². The van der Waals surface area contributed by atoms with Crippen molar-refractivity contribution < 1.29 is 15.0 Å². The highest BCUT2D eigenvalue weighted by atomic mass is 16.3. The summed E-state index contributed by atoms with van der Waals surface area (Å²) in [6, 6.07) is 0. The van der Waals surface area contributed by atoms with Gasteiger partial charge in [-0.3, -0.25) is 4.79 Å². The van der Waals surface area contributed by atoms with Gasteiger partial charge in [0.2, 0.25) is 5.91 Å². The molecule has 1 amide bonds. The van der Waals surface area contributed by atoms with E-state index in [1.54, 1.807) is 4.90 Å². The maximum Gasteiger partial charge on any atom is 0.222 e. The summed E-state index contributed by atoms with van der Waals surface area (Å²) in [6.07, 6.45) is 25.9. The van der Waals surface area contributed by atoms with Crippen molar-refractivity contribution >= 4 is 5.91 Å². The quantitative estimate of drug-likeness (QED) is 0.172. The van der Waals surface area contributed by atoms with E-state index in [2.05, 4.69) is 38.2 Å². The fraction of sp³-hybridized carbons (Fsp3) is 0.774. The van der Waals surface area contributed by atoms with Crippen molar-refractivity contribution in [2.75, 3.05) is 14.1 Å². The molecule has 1 fully saturated rings. The number of hydrogen-bond donors (Lipinski definition) is 2. The van der Waals surface area contributed by atoms with Crippen LogP contribution < -0.4 is 0 Å². The monoisotopic (exact) mass is 487 g/mol. The Kier molecular flexibility index (Phi) is 13.4. The van der Waals surface area contributed by atoms with Crippen LogP contribution in [0.4, 0.5) is 0 Å². The number of aliphatic hydroxyl groups is 2. The van der Waals surface area contributed by atoms with Crippen molar-refractivity contribution in [1.29, 1.82) is 0 Å². The lowest BCUT2D eigenvalue weighted by molar-refractivity contribution is -0.128. The van der Waals surface area contributed by atoms with Crippen LogP contribution in [0.2, 0.25) is 0 Å². The number of allylic oxidation sites excluding steroid dienone is 3. The van der Waals surface area contributed by atoms with E-state index in [0.717, 1.165) is 57.8 Å². The van der Waals surface area contributed by atoms with Crippen LogP contribution in [-0.4, -0.2) is 46.8 Å². The fourth-order valence-corrected chi connectivity index (χ4v) is 5.80. The first-order valence-electron chi connectivity index (χ1n) is 14.4. The lowest BCUT2D eigenvalue weighted by Crippen LogP contribution is -2.25. The molecule has 5 atom stereocenters. The van der Waals surface area contributed by atoms with Crippen molar-refractivity contribution in [3.8, 4) is 0 Å². The molecule has 0 aromatic carbocycles. The minimum absolute atomic E-state index is 0.178. The highest BCUT2D eigenvalue weighted by Gasteiger charge is 2.43. The molecule has 0 saturated heterocycles. The van der Waals surface area contributed by atoms with Gasteiger partial charge in [-0.2, -0.15) is 0 Å². The van der Waals surface area contributed by atoms with E-state index in [4.69, 9.17) is 0 Å². The minimum atomic E-state index is -0.775. The molecule has 0 aliphatic heterocycles. The average Bonchev–Trinajstić information content (AvgIpc) is 3.34. The zero-order valence-corrected chi connectivity index (χ0v) is 23.1. The van der Waals surface area contributed by atoms with Crippen molar-refractivity contribution in [2.45, 2.75) is 122 Å². The summed E-state index contributed by atoms with van der Waals surface area (Å²) in [6.45, 7) is 4.40. The summed E-state index contributed by atoms with van der Waals surface area (Å²) in [5.74, 6) is 1.34. The molecular weight excluding hydrogens is 434 g/mol. The van der Waals surface area contributed by atoms with E-state index in [1.807, 2.05) is 20.2 Å². The van der Waals surface area contributed by atoms with Gasteiger partial charge < -0.3 is 15.1 Å². The molecular formula is C31H53NO3. The molecule has 2 aliphatic carbocycles. The third kappa shape index (κ3) is 10.2. The van der Waals surface area contributed by atoms with Crippen molar-refractivity contribution in [3.05, 3.63) is 36.0 Å². The molecule has 0 aromatic rings. The number of nitrogens with zero attached hydrogens (tertiary/aromatic N) is 1. The third-order valence-corrected chi connectivity index (χ3v) is 8.03. The second kappa shape index (κ2) is 15.7. The molecule has 4 nitrogen and oxygen atoms in total. The van der Waals surface area contributed by atoms with Gasteiger partial charge in [-0.05, 0) is 69.6 Å². The zero-order valence-electron chi connectivity index (χ0n) is 23.1. The Morgan fingerprint density at radius 3 is 2.57 bits per heavy atom. The van der Waals surface area contributed by atoms with Crippen LogP contribution in [0.5, 0.6) is 0 Å². The van der Waals surface area contributed by atoms with Gasteiger partial charge in [0.25, 0.3) is 0 Å². The normalized spacial score (nSPS) is 25.8. The predicted molar refractivity (Wildman–Crippen MR) is 147 cm³/mol. The van der Waals surface area contributed by atoms with Crippen molar-refractivity contribution in [3.63, 3.8) is 0 Å². The molecule has 0 bridgehead atoms. The molecule has 2 aliphatic rings. The van der Waals surface area contributed by atoms with Crippen LogP contribution in [0.15, 0.2) is 36.0 Å². The molecule has 0 aromatic heterocycles. The van der Waals surface area contributed by atoms with Crippen LogP contribution in [0.3, 0.4) is 0 Å². The Labute approximate surface area is 215 Å². The standard InChI is InChI=1S/C31H53NO3/c1-5-7-9-10-11-14-20-31(35,19-8-6-2)21-15-17-27-28-23-25(22-26(28)24-29(27)33)16-12-13-18-30(34)32(3)4/h14-15,17,20,22,26-29,33,35H,5-13,16,18-19,21,23-24H2,1-4H3/t26-,27+,28-,29+,31+/m0/s1. The first kappa shape index (κ1) is 29.8. The summed E-state index contributed by atoms with van der Waals surface area (Å²) in [5.41, 5.74) is 0.733. The van der Waals surface area contributed by atoms with Gasteiger partial charge in [-0.15, -0.1) is 0 Å². The fourth-order valence-electron chi connectivity index (χ4n) is 5.80. The van der Waals surface area contributed by atoms with Gasteiger partial charge in [0.1, 0.15) is 0 Å². The number of rotatable bonds is 17. The lowest BCUT2D eigenvalue weighted by atomic mass is 9.87. The van der Waals surface area contributed by atoms with E-state index >= 15 is 0 Å². The molecule has 2 rings (SSSR count). The third-order valence-electron chi connectivity index (χ3n) is 8.03. The van der Waals surface area contributed by atoms with Gasteiger partial charge in [0, 0.05) is 26.4 Å². The molecule has 2 N–H and O–H groups in total. The molecule has 4 heteroatoms. The highest BCUT2D eigenvalue weighted by molar-refractivity contribution is 5.75. The van der Waals surface area contributed by atoms with E-state index < -0.39 is 5.60 Å². The van der Waals surface area contributed by atoms with E-state index in [0.29, 0.717) is 24.7 Å². The number of carbonyl (C=O) groups excluding carboxylic acids is 1. The summed E-state index contributed by atoms with van der Waals surface area (Å²) >= 11 is 0. The predicted octanol–water partition coefficient (Wildman–Crippen LogP) is 6.97. The Morgan fingerprint density at radius 1 is 1.09 bits per heavy atom. The Morgan fingerprint density at radius 2 is 1.86 bits per heavy atom. The molecule has 0 radical (unpaired) electrons. The average molecular weight is 488 g/mol. The molecule has 0 spiro atoms. The Balaban J connectivity index is 1.84. The number of fused-ring (bicyclic) bond motifs is 1. The summed E-state index contributed by atoms with van der Waals surface area (Å²) < 4.78 is 0. The highest BCUT2D eigenvalue weighted by Crippen LogP contribution is 2.48. The minimum Gasteiger partial charge on any atom is -0.392 e. The summed E-state index contributed by atoms with van der Waals surface area (Å²) in [5, 5.41) is 22.0. The number of aliphatic hydroxyl groups excluding tert-OH is 1. The second-order valence-corrected chi connectivity index (χ2v) is 11.3. The number of carbonyl (C=O) groups is 1. The van der Waals surface area contributed by atoms with E-state index in [-0.39, 0.29) is 17.9 Å². The topological polar surface area (TPSA) is 60.8 Å². The van der Waals surface area contributed by atoms with E-state index in [9.17, 15) is 15.0 Å². The number of hydrogen-bond acceptors (Lipinski definition) is 3. The zero-order chi connectivity index (χ0) is 25.7. The summed E-state index contributed by atoms with van der Waals surface area (Å²) in [7, 11) is 3.63. The summed E-state index contributed by atoms with van der Waals surface area (Å²) in [4.78, 5) is 13.4. The SMILES string of the molecule is CCCCCCC=C[C@@](O)(CC=C[C@@H]1[C@H]2CC(CCCCC(=O)N(C)C)=C[C@H]2C[C@H]1O)CCCC. The van der Waals surface area contributed by atoms with Crippen LogP contribution in [-0.2, 0) is 4.79 Å². The number of unbranched alkanes of at least 4 members (excludes halogenated alkanes) is 6. The van der Waals surface area contributed by atoms with Crippen molar-refractivity contribution in [1.82, 2.24) is 4.90 Å². The molecule has 200 valence electrons. The van der Waals surface area contributed by atoms with Crippen molar-refractivity contribution in [2.24, 2.45) is 17.8 Å². The Bertz CT molecular complexity index is 710. The van der Waals surface area contributed by atoms with Crippen LogP contribution in [0, 0.1) is 17.8 Å². The van der Waals surface area contributed by atoms with Crippen LogP contribution in [0.1, 0.15) is 110 Å². The largest absolute Gasteiger partial charge is 0.392 e. The Hall–Kier alpha value is -1.39. The maximum atomic E-state index is 11.8. The van der Waals surface area contributed by atoms with Gasteiger partial charge >= 0.3 is 0 Å². The molecule has 0 heterocycles. The lowest BCUT2D eigenvalue weighted by Gasteiger charge is -2.24. The van der Waals surface area contributed by atoms with Gasteiger partial charge in [0.05, 0.1) is 11.7 Å². The smallest absolute Gasteiger partial charge is 0.222 e. The van der Waals surface area contributed by atoms with Crippen LogP contribution in [0.25, 0.3) is 0 Å². The number of amides is 1. The maximum absolute atomic E-state index is 11.8. The first-order chi connectivity index (χ1) is 16.8.